The third kappa shape index (κ3) is 3.00. The molecule has 2 unspecified atom stereocenters. The highest BCUT2D eigenvalue weighted by molar-refractivity contribution is 6.37. The summed E-state index contributed by atoms with van der Waals surface area (Å²) >= 11 is 12.3. The van der Waals surface area contributed by atoms with E-state index in [0.717, 1.165) is 11.1 Å². The lowest BCUT2D eigenvalue weighted by molar-refractivity contribution is -0.140. The monoisotopic (exact) mass is 354 g/mol. The molecule has 0 bridgehead atoms. The van der Waals surface area contributed by atoms with Gasteiger partial charge in [0, 0.05) is 10.9 Å². The number of rotatable bonds is 2. The Balaban J connectivity index is 2.72. The highest BCUT2D eigenvalue weighted by Crippen LogP contribution is 2.49. The van der Waals surface area contributed by atoms with E-state index < -0.39 is 22.2 Å². The van der Waals surface area contributed by atoms with Crippen molar-refractivity contribution in [2.45, 2.75) is 32.6 Å². The van der Waals surface area contributed by atoms with Gasteiger partial charge in [-0.2, -0.15) is 0 Å². The summed E-state index contributed by atoms with van der Waals surface area (Å²) < 4.78 is 0. The first-order valence-corrected chi connectivity index (χ1v) is 8.09. The normalized spacial score (nSPS) is 25.3. The average Bonchev–Trinajstić information content (AvgIpc) is 2.44. The summed E-state index contributed by atoms with van der Waals surface area (Å²) in [5, 5.41) is 20.8. The molecule has 5 heteroatoms. The first kappa shape index (κ1) is 17.9. The molecule has 3 nitrogen and oxygen atoms in total. The van der Waals surface area contributed by atoms with E-state index in [2.05, 4.69) is 0 Å². The van der Waals surface area contributed by atoms with Crippen LogP contribution in [0, 0.1) is 11.3 Å². The van der Waals surface area contributed by atoms with Gasteiger partial charge in [0.15, 0.2) is 0 Å². The number of carbonyl (C=O) groups is 1. The lowest BCUT2D eigenvalue weighted by atomic mass is 9.71. The van der Waals surface area contributed by atoms with Gasteiger partial charge in [0.25, 0.3) is 0 Å². The minimum absolute atomic E-state index is 0.288. The molecule has 0 fully saturated rings. The summed E-state index contributed by atoms with van der Waals surface area (Å²) in [6.45, 7) is 7.42. The van der Waals surface area contributed by atoms with Crippen LogP contribution in [0.5, 0.6) is 0 Å². The van der Waals surface area contributed by atoms with Gasteiger partial charge in [0.2, 0.25) is 4.87 Å². The van der Waals surface area contributed by atoms with Crippen molar-refractivity contribution >= 4 is 34.7 Å². The van der Waals surface area contributed by atoms with Gasteiger partial charge in [-0.3, -0.25) is 0 Å². The maximum Gasteiger partial charge on any atom is 0.333 e. The molecule has 0 amide bonds. The van der Waals surface area contributed by atoms with E-state index in [4.69, 9.17) is 23.2 Å². The van der Waals surface area contributed by atoms with E-state index in [-0.39, 0.29) is 5.76 Å². The first-order chi connectivity index (χ1) is 10.5. The number of carboxylic acids is 1. The van der Waals surface area contributed by atoms with Crippen molar-refractivity contribution in [1.82, 2.24) is 0 Å². The molecular formula is C18H20Cl2O3. The quantitative estimate of drug-likeness (QED) is 0.709. The zero-order valence-electron chi connectivity index (χ0n) is 13.5. The molecule has 1 aromatic carbocycles. The van der Waals surface area contributed by atoms with Crippen molar-refractivity contribution < 1.29 is 15.0 Å². The van der Waals surface area contributed by atoms with Gasteiger partial charge >= 0.3 is 5.97 Å². The van der Waals surface area contributed by atoms with Crippen molar-refractivity contribution in [3.05, 3.63) is 52.3 Å². The van der Waals surface area contributed by atoms with Crippen molar-refractivity contribution in [1.29, 1.82) is 0 Å². The van der Waals surface area contributed by atoms with E-state index >= 15 is 0 Å². The predicted molar refractivity (Wildman–Crippen MR) is 93.9 cm³/mol. The van der Waals surface area contributed by atoms with E-state index in [9.17, 15) is 15.0 Å². The second-order valence-electron chi connectivity index (χ2n) is 6.86. The molecule has 0 spiro atoms. The highest BCUT2D eigenvalue weighted by atomic mass is 35.5. The summed E-state index contributed by atoms with van der Waals surface area (Å²) in [5.74, 6) is -2.15. The Bertz CT molecular complexity index is 696. The van der Waals surface area contributed by atoms with E-state index in [1.54, 1.807) is 19.1 Å². The Morgan fingerprint density at radius 2 is 1.74 bits per heavy atom. The smallest absolute Gasteiger partial charge is 0.333 e. The average molecular weight is 355 g/mol. The molecule has 2 rings (SSSR count). The Morgan fingerprint density at radius 1 is 1.22 bits per heavy atom. The van der Waals surface area contributed by atoms with Gasteiger partial charge in [-0.1, -0.05) is 69.1 Å². The Labute approximate surface area is 146 Å². The van der Waals surface area contributed by atoms with Crippen LogP contribution in [0.15, 0.2) is 41.7 Å². The molecule has 1 aromatic rings. The maximum absolute atomic E-state index is 11.8. The lowest BCUT2D eigenvalue weighted by Gasteiger charge is -2.38. The molecule has 0 saturated carbocycles. The number of alkyl halides is 1. The molecule has 1 aliphatic carbocycles. The Kier molecular flexibility index (Phi) is 4.57. The number of aliphatic hydroxyl groups is 1. The molecule has 0 saturated heterocycles. The highest BCUT2D eigenvalue weighted by Gasteiger charge is 2.52. The number of aliphatic carboxylic acids is 1. The van der Waals surface area contributed by atoms with Crippen molar-refractivity contribution in [3.63, 3.8) is 0 Å². The van der Waals surface area contributed by atoms with Gasteiger partial charge in [-0.05, 0) is 34.3 Å². The molecule has 2 atom stereocenters. The van der Waals surface area contributed by atoms with Crippen LogP contribution in [0.25, 0.3) is 5.57 Å². The summed E-state index contributed by atoms with van der Waals surface area (Å²) in [7, 11) is 0. The maximum atomic E-state index is 11.8. The standard InChI is InChI=1S/C18H20Cl2O3/c1-10-13(11-5-7-12(19)8-6-11)9-14(17(2,3)4)15(21)18(10,20)16(22)23/h5-10,21H,1-4H3,(H,22,23). The van der Waals surface area contributed by atoms with Gasteiger partial charge in [0.1, 0.15) is 5.76 Å². The fourth-order valence-electron chi connectivity index (χ4n) is 2.80. The SMILES string of the molecule is CC1C(c2ccc(Cl)cc2)=CC(C(C)(C)C)=C(O)C1(Cl)C(=O)O. The second-order valence-corrected chi connectivity index (χ2v) is 7.89. The van der Waals surface area contributed by atoms with Crippen LogP contribution in [0.1, 0.15) is 33.3 Å². The minimum Gasteiger partial charge on any atom is -0.509 e. The van der Waals surface area contributed by atoms with Crippen LogP contribution in [-0.4, -0.2) is 21.1 Å². The van der Waals surface area contributed by atoms with Crippen LogP contribution >= 0.6 is 23.2 Å². The largest absolute Gasteiger partial charge is 0.509 e. The van der Waals surface area contributed by atoms with Gasteiger partial charge in [-0.25, -0.2) is 4.79 Å². The van der Waals surface area contributed by atoms with Crippen LogP contribution in [0.3, 0.4) is 0 Å². The van der Waals surface area contributed by atoms with E-state index in [1.807, 2.05) is 39.0 Å². The van der Waals surface area contributed by atoms with E-state index in [1.165, 1.54) is 0 Å². The van der Waals surface area contributed by atoms with Crippen molar-refractivity contribution in [2.75, 3.05) is 0 Å². The second kappa shape index (κ2) is 5.88. The molecule has 1 aliphatic rings. The molecule has 0 radical (unpaired) electrons. The summed E-state index contributed by atoms with van der Waals surface area (Å²) in [4.78, 5) is 9.94. The number of allylic oxidation sites excluding steroid dienone is 3. The zero-order chi connectivity index (χ0) is 17.6. The fraction of sp³-hybridized carbons (Fsp3) is 0.389. The van der Waals surface area contributed by atoms with Crippen LogP contribution in [0.4, 0.5) is 0 Å². The zero-order valence-corrected chi connectivity index (χ0v) is 15.0. The summed E-state index contributed by atoms with van der Waals surface area (Å²) in [6, 6.07) is 7.14. The third-order valence-corrected chi connectivity index (χ3v) is 5.18. The lowest BCUT2D eigenvalue weighted by Crippen LogP contribution is -2.45. The summed E-state index contributed by atoms with van der Waals surface area (Å²) in [5.41, 5.74) is 1.68. The van der Waals surface area contributed by atoms with Crippen LogP contribution in [0.2, 0.25) is 5.02 Å². The molecule has 0 heterocycles. The van der Waals surface area contributed by atoms with Crippen molar-refractivity contribution in [2.24, 2.45) is 11.3 Å². The van der Waals surface area contributed by atoms with Crippen LogP contribution < -0.4 is 0 Å². The fourth-order valence-corrected chi connectivity index (χ4v) is 3.14. The molecular weight excluding hydrogens is 335 g/mol. The molecule has 0 aliphatic heterocycles. The number of hydrogen-bond acceptors (Lipinski definition) is 2. The van der Waals surface area contributed by atoms with Crippen LogP contribution in [-0.2, 0) is 4.79 Å². The van der Waals surface area contributed by atoms with E-state index in [0.29, 0.717) is 10.6 Å². The predicted octanol–water partition coefficient (Wildman–Crippen LogP) is 5.29. The number of hydrogen-bond donors (Lipinski definition) is 2. The number of carboxylic acid groups (broad SMARTS) is 1. The van der Waals surface area contributed by atoms with Crippen molar-refractivity contribution in [3.8, 4) is 0 Å². The molecule has 2 N–H and O–H groups in total. The molecule has 23 heavy (non-hydrogen) atoms. The number of benzene rings is 1. The van der Waals surface area contributed by atoms with Gasteiger partial charge in [0.05, 0.1) is 0 Å². The number of halogens is 2. The number of aliphatic hydroxyl groups excluding tert-OH is 1. The molecule has 124 valence electrons. The van der Waals surface area contributed by atoms with Gasteiger partial charge in [-0.15, -0.1) is 0 Å². The first-order valence-electron chi connectivity index (χ1n) is 7.33. The molecule has 0 aromatic heterocycles. The van der Waals surface area contributed by atoms with Gasteiger partial charge < -0.3 is 10.2 Å². The Morgan fingerprint density at radius 3 is 2.17 bits per heavy atom. The minimum atomic E-state index is -1.88. The topological polar surface area (TPSA) is 57.5 Å². The summed E-state index contributed by atoms with van der Waals surface area (Å²) in [6.07, 6.45) is 1.84. The Hall–Kier alpha value is -1.45. The third-order valence-electron chi connectivity index (χ3n) is 4.26.